The van der Waals surface area contributed by atoms with Crippen molar-refractivity contribution >= 4 is 25.8 Å². The molecule has 1 saturated heterocycles. The van der Waals surface area contributed by atoms with Crippen LogP contribution in [0.5, 0.6) is 0 Å². The number of carbonyl (C=O) groups excluding carboxylic acids is 1. The Morgan fingerprint density at radius 3 is 2.41 bits per heavy atom. The van der Waals surface area contributed by atoms with Crippen LogP contribution in [0.1, 0.15) is 44.5 Å². The average molecular weight is 446 g/mol. The second-order valence-corrected chi connectivity index (χ2v) is 11.9. The highest BCUT2D eigenvalue weighted by atomic mass is 32.2. The lowest BCUT2D eigenvalue weighted by Gasteiger charge is -2.30. The van der Waals surface area contributed by atoms with Gasteiger partial charge in [-0.05, 0) is 52.3 Å². The molecule has 0 spiro atoms. The van der Waals surface area contributed by atoms with Crippen LogP contribution >= 0.6 is 0 Å². The van der Waals surface area contributed by atoms with Gasteiger partial charge in [0.15, 0.2) is 9.84 Å². The predicted molar refractivity (Wildman–Crippen MR) is 113 cm³/mol. The number of sulfone groups is 1. The summed E-state index contributed by atoms with van der Waals surface area (Å²) in [6.45, 7) is 9.52. The molecule has 1 fully saturated rings. The molecule has 1 aliphatic rings. The third-order valence-electron chi connectivity index (χ3n) is 4.94. The Bertz CT molecular complexity index is 919. The second kappa shape index (κ2) is 9.55. The Morgan fingerprint density at radius 2 is 1.86 bits per heavy atom. The summed E-state index contributed by atoms with van der Waals surface area (Å²) in [6, 6.07) is 5.82. The van der Waals surface area contributed by atoms with Crippen molar-refractivity contribution in [3.63, 3.8) is 0 Å². The summed E-state index contributed by atoms with van der Waals surface area (Å²) in [5, 5.41) is 2.83. The van der Waals surface area contributed by atoms with Crippen LogP contribution in [0, 0.1) is 0 Å². The van der Waals surface area contributed by atoms with Gasteiger partial charge in [-0.15, -0.1) is 0 Å². The largest absolute Gasteiger partial charge is 0.351 e. The number of hydrogen-bond acceptors (Lipinski definition) is 6. The van der Waals surface area contributed by atoms with Gasteiger partial charge in [0.25, 0.3) is 5.91 Å². The molecule has 29 heavy (non-hydrogen) atoms. The molecule has 2 N–H and O–H groups in total. The molecule has 8 nitrogen and oxygen atoms in total. The monoisotopic (exact) mass is 445 g/mol. The molecule has 0 unspecified atom stereocenters. The third-order valence-corrected chi connectivity index (χ3v) is 8.23. The first-order chi connectivity index (χ1) is 13.4. The van der Waals surface area contributed by atoms with Crippen molar-refractivity contribution in [3.8, 4) is 0 Å². The summed E-state index contributed by atoms with van der Waals surface area (Å²) in [5.74, 6) is -0.570. The summed E-state index contributed by atoms with van der Waals surface area (Å²) in [7, 11) is -7.11. The first-order valence-corrected chi connectivity index (χ1v) is 13.1. The van der Waals surface area contributed by atoms with Gasteiger partial charge in [0, 0.05) is 36.8 Å². The summed E-state index contributed by atoms with van der Waals surface area (Å²) in [4.78, 5) is 14.6. The highest BCUT2D eigenvalue weighted by Gasteiger charge is 2.31. The normalized spacial score (nSPS) is 19.2. The van der Waals surface area contributed by atoms with Crippen LogP contribution in [0.3, 0.4) is 0 Å². The number of amides is 1. The van der Waals surface area contributed by atoms with Crippen LogP contribution in [0.25, 0.3) is 0 Å². The van der Waals surface area contributed by atoms with Crippen LogP contribution in [-0.4, -0.2) is 70.4 Å². The van der Waals surface area contributed by atoms with E-state index in [0.717, 1.165) is 0 Å². The second-order valence-electron chi connectivity index (χ2n) is 7.93. The van der Waals surface area contributed by atoms with Gasteiger partial charge in [0.2, 0.25) is 10.0 Å². The van der Waals surface area contributed by atoms with E-state index >= 15 is 0 Å². The van der Waals surface area contributed by atoms with E-state index in [-0.39, 0.29) is 34.3 Å². The van der Waals surface area contributed by atoms with Gasteiger partial charge in [0.1, 0.15) is 0 Å². The number of carbonyl (C=O) groups is 1. The fraction of sp³-hybridized carbons (Fsp3) is 0.632. The Labute approximate surface area is 174 Å². The van der Waals surface area contributed by atoms with Gasteiger partial charge in [-0.3, -0.25) is 9.69 Å². The number of nitrogens with zero attached hydrogens (tertiary/aromatic N) is 1. The smallest absolute Gasteiger partial charge is 0.251 e. The van der Waals surface area contributed by atoms with E-state index in [1.807, 2.05) is 0 Å². The lowest BCUT2D eigenvalue weighted by molar-refractivity contribution is 0.0939. The zero-order chi connectivity index (χ0) is 21.8. The number of hydrogen-bond donors (Lipinski definition) is 2. The molecule has 1 aromatic carbocycles. The zero-order valence-corrected chi connectivity index (χ0v) is 19.0. The maximum atomic E-state index is 12.6. The molecule has 0 aromatic heterocycles. The molecule has 10 heteroatoms. The number of nitrogens with one attached hydrogen (secondary N) is 2. The molecule has 0 bridgehead atoms. The quantitative estimate of drug-likeness (QED) is 0.586. The summed E-state index contributed by atoms with van der Waals surface area (Å²) in [6.07, 6.45) is 0.254. The standard InChI is InChI=1S/C19H31N3O5S2/c1-14(2)22(15(3)4)10-9-20-19(23)16-6-5-7-18(12-16)29(26,27)21-17-8-11-28(24,25)13-17/h5-7,12,14-15,17,21H,8-11,13H2,1-4H3,(H,20,23)/t17-/m1/s1. The number of benzene rings is 1. The fourth-order valence-electron chi connectivity index (χ4n) is 3.49. The summed E-state index contributed by atoms with van der Waals surface area (Å²) >= 11 is 0. The summed E-state index contributed by atoms with van der Waals surface area (Å²) < 4.78 is 50.7. The van der Waals surface area contributed by atoms with Crippen molar-refractivity contribution < 1.29 is 21.6 Å². The van der Waals surface area contributed by atoms with E-state index in [4.69, 9.17) is 0 Å². The molecule has 1 atom stereocenters. The Balaban J connectivity index is 2.01. The molecular weight excluding hydrogens is 414 g/mol. The Morgan fingerprint density at radius 1 is 1.21 bits per heavy atom. The van der Waals surface area contributed by atoms with Crippen molar-refractivity contribution in [1.82, 2.24) is 14.9 Å². The molecule has 1 amide bonds. The zero-order valence-electron chi connectivity index (χ0n) is 17.4. The predicted octanol–water partition coefficient (Wildman–Crippen LogP) is 1.00. The van der Waals surface area contributed by atoms with Crippen molar-refractivity contribution in [2.24, 2.45) is 0 Å². The van der Waals surface area contributed by atoms with Gasteiger partial charge < -0.3 is 5.32 Å². The van der Waals surface area contributed by atoms with Crippen molar-refractivity contribution in [3.05, 3.63) is 29.8 Å². The molecule has 0 saturated carbocycles. The lowest BCUT2D eigenvalue weighted by Crippen LogP contribution is -2.42. The van der Waals surface area contributed by atoms with Gasteiger partial charge in [-0.1, -0.05) is 6.07 Å². The van der Waals surface area contributed by atoms with Crippen molar-refractivity contribution in [2.45, 2.75) is 57.1 Å². The highest BCUT2D eigenvalue weighted by Crippen LogP contribution is 2.17. The van der Waals surface area contributed by atoms with Crippen LogP contribution in [0.15, 0.2) is 29.2 Å². The van der Waals surface area contributed by atoms with Crippen LogP contribution < -0.4 is 10.0 Å². The maximum absolute atomic E-state index is 12.6. The first kappa shape index (κ1) is 23.8. The van der Waals surface area contributed by atoms with E-state index in [2.05, 4.69) is 42.6 Å². The van der Waals surface area contributed by atoms with Gasteiger partial charge >= 0.3 is 0 Å². The van der Waals surface area contributed by atoms with Gasteiger partial charge in [-0.25, -0.2) is 21.6 Å². The molecule has 0 aliphatic carbocycles. The maximum Gasteiger partial charge on any atom is 0.251 e. The van der Waals surface area contributed by atoms with Gasteiger partial charge in [0.05, 0.1) is 16.4 Å². The first-order valence-electron chi connectivity index (χ1n) is 9.78. The molecule has 164 valence electrons. The minimum atomic E-state index is -3.91. The van der Waals surface area contributed by atoms with Crippen LogP contribution in [0.2, 0.25) is 0 Å². The minimum absolute atomic E-state index is 0.0214. The Kier molecular flexibility index (Phi) is 7.83. The lowest BCUT2D eigenvalue weighted by atomic mass is 10.2. The molecule has 0 radical (unpaired) electrons. The summed E-state index contributed by atoms with van der Waals surface area (Å²) in [5.41, 5.74) is 0.243. The van der Waals surface area contributed by atoms with E-state index in [0.29, 0.717) is 25.2 Å². The Hall–Kier alpha value is -1.49. The third kappa shape index (κ3) is 6.77. The number of rotatable bonds is 9. The van der Waals surface area contributed by atoms with E-state index in [9.17, 15) is 21.6 Å². The molecule has 1 aromatic rings. The fourth-order valence-corrected chi connectivity index (χ4v) is 6.59. The molecule has 2 rings (SSSR count). The molecule has 1 heterocycles. The molecule has 1 aliphatic heterocycles. The number of sulfonamides is 1. The van der Waals surface area contributed by atoms with Crippen LogP contribution in [-0.2, 0) is 19.9 Å². The minimum Gasteiger partial charge on any atom is -0.351 e. The van der Waals surface area contributed by atoms with E-state index in [1.54, 1.807) is 6.07 Å². The average Bonchev–Trinajstić information content (AvgIpc) is 2.95. The topological polar surface area (TPSA) is 113 Å². The molecular formula is C19H31N3O5S2. The van der Waals surface area contributed by atoms with Crippen LogP contribution in [0.4, 0.5) is 0 Å². The highest BCUT2D eigenvalue weighted by molar-refractivity contribution is 7.92. The van der Waals surface area contributed by atoms with Crippen molar-refractivity contribution in [1.29, 1.82) is 0 Å². The van der Waals surface area contributed by atoms with Gasteiger partial charge in [-0.2, -0.15) is 0 Å². The van der Waals surface area contributed by atoms with E-state index < -0.39 is 25.9 Å². The van der Waals surface area contributed by atoms with Crippen molar-refractivity contribution in [2.75, 3.05) is 24.6 Å². The SMILES string of the molecule is CC(C)N(CCNC(=O)c1cccc(S(=O)(=O)N[C@@H]2CCS(=O)(=O)C2)c1)C(C)C. The van der Waals surface area contributed by atoms with E-state index in [1.165, 1.54) is 18.2 Å².